The first kappa shape index (κ1) is 16.9. The van der Waals surface area contributed by atoms with Crippen molar-refractivity contribution in [2.24, 2.45) is 5.92 Å². The van der Waals surface area contributed by atoms with Gasteiger partial charge in [-0.05, 0) is 12.1 Å². The van der Waals surface area contributed by atoms with Crippen LogP contribution in [-0.4, -0.2) is 43.1 Å². The van der Waals surface area contributed by atoms with E-state index >= 15 is 0 Å². The highest BCUT2D eigenvalue weighted by molar-refractivity contribution is 5.99. The summed E-state index contributed by atoms with van der Waals surface area (Å²) in [5, 5.41) is 2.53. The number of nitrogens with zero attached hydrogens (tertiary/aromatic N) is 1. The Hall–Kier alpha value is -2.45. The van der Waals surface area contributed by atoms with Crippen molar-refractivity contribution in [2.75, 3.05) is 31.2 Å². The van der Waals surface area contributed by atoms with E-state index in [4.69, 9.17) is 10.5 Å². The van der Waals surface area contributed by atoms with Crippen molar-refractivity contribution in [2.45, 2.75) is 12.6 Å². The molecule has 1 unspecified atom stereocenters. The van der Waals surface area contributed by atoms with E-state index in [0.29, 0.717) is 10.6 Å². The number of benzene rings is 1. The van der Waals surface area contributed by atoms with Gasteiger partial charge in [-0.25, -0.2) is 0 Å². The molecule has 2 amide bonds. The van der Waals surface area contributed by atoms with E-state index in [1.165, 1.54) is 19.2 Å². The molecule has 1 aromatic rings. The van der Waals surface area contributed by atoms with Crippen molar-refractivity contribution < 1.29 is 27.5 Å². The van der Waals surface area contributed by atoms with Gasteiger partial charge in [0, 0.05) is 19.0 Å². The highest BCUT2D eigenvalue weighted by Gasteiger charge is 2.40. The maximum Gasteiger partial charge on any atom is 0.406 e. The first-order chi connectivity index (χ1) is 10.7. The van der Waals surface area contributed by atoms with Gasteiger partial charge in [0.1, 0.15) is 12.3 Å². The van der Waals surface area contributed by atoms with E-state index in [1.54, 1.807) is 6.07 Å². The van der Waals surface area contributed by atoms with Crippen molar-refractivity contribution in [3.8, 4) is 5.75 Å². The van der Waals surface area contributed by atoms with Crippen LogP contribution < -0.4 is 15.8 Å². The van der Waals surface area contributed by atoms with Gasteiger partial charge in [0.05, 0.1) is 24.4 Å². The third-order valence-electron chi connectivity index (χ3n) is 3.47. The van der Waals surface area contributed by atoms with Crippen LogP contribution in [0.5, 0.6) is 5.75 Å². The van der Waals surface area contributed by atoms with Crippen LogP contribution in [0.15, 0.2) is 18.2 Å². The molecule has 1 saturated heterocycles. The number of methoxy groups -OCH3 is 1. The third-order valence-corrected chi connectivity index (χ3v) is 3.47. The number of halogens is 3. The molecule has 2 rings (SSSR count). The number of hydrogen-bond donors (Lipinski definition) is 2. The van der Waals surface area contributed by atoms with Crippen LogP contribution >= 0.6 is 0 Å². The Morgan fingerprint density at radius 2 is 2.17 bits per heavy atom. The lowest BCUT2D eigenvalue weighted by Crippen LogP contribution is -2.36. The van der Waals surface area contributed by atoms with E-state index in [9.17, 15) is 22.8 Å². The third kappa shape index (κ3) is 4.27. The van der Waals surface area contributed by atoms with Gasteiger partial charge in [-0.2, -0.15) is 13.2 Å². The summed E-state index contributed by atoms with van der Waals surface area (Å²) in [6.07, 6.45) is -4.75. The predicted octanol–water partition coefficient (Wildman–Crippen LogP) is 1.63. The Kier molecular flexibility index (Phi) is 4.67. The summed E-state index contributed by atoms with van der Waals surface area (Å²) in [7, 11) is 1.45. The monoisotopic (exact) mass is 331 g/mol. The van der Waals surface area contributed by atoms with Crippen molar-refractivity contribution in [1.29, 1.82) is 0 Å². The number of nitrogen functional groups attached to an aromatic ring is 1. The molecule has 126 valence electrons. The summed E-state index contributed by atoms with van der Waals surface area (Å²) in [5.74, 6) is -1.63. The van der Waals surface area contributed by atoms with Crippen LogP contribution in [0.25, 0.3) is 0 Å². The quantitative estimate of drug-likeness (QED) is 0.821. The van der Waals surface area contributed by atoms with Gasteiger partial charge in [0.25, 0.3) is 0 Å². The minimum absolute atomic E-state index is 0.258. The van der Waals surface area contributed by atoms with Crippen LogP contribution in [0.2, 0.25) is 0 Å². The fourth-order valence-electron chi connectivity index (χ4n) is 2.32. The van der Waals surface area contributed by atoms with Crippen molar-refractivity contribution in [3.63, 3.8) is 0 Å². The van der Waals surface area contributed by atoms with Gasteiger partial charge in [0.15, 0.2) is 0 Å². The summed E-state index contributed by atoms with van der Waals surface area (Å²) >= 11 is 0. The fraction of sp³-hybridized carbons (Fsp3) is 0.429. The average Bonchev–Trinajstić information content (AvgIpc) is 2.80. The second-order valence-electron chi connectivity index (χ2n) is 5.23. The molecule has 0 spiro atoms. The van der Waals surface area contributed by atoms with Gasteiger partial charge in [-0.15, -0.1) is 0 Å². The van der Waals surface area contributed by atoms with Crippen molar-refractivity contribution >= 4 is 23.2 Å². The lowest BCUT2D eigenvalue weighted by molar-refractivity contribution is -0.157. The molecule has 1 fully saturated rings. The lowest BCUT2D eigenvalue weighted by Gasteiger charge is -2.18. The zero-order valence-corrected chi connectivity index (χ0v) is 12.3. The number of carbonyl (C=O) groups excluding carboxylic acids is 2. The van der Waals surface area contributed by atoms with E-state index in [0.717, 1.165) is 0 Å². The number of likely N-dealkylation sites (tertiary alicyclic amines) is 1. The molecule has 6 nitrogen and oxygen atoms in total. The Bertz CT molecular complexity index is 619. The molecule has 1 aromatic carbocycles. The molecule has 1 aliphatic heterocycles. The number of anilines is 2. The smallest absolute Gasteiger partial charge is 0.406 e. The van der Waals surface area contributed by atoms with E-state index in [2.05, 4.69) is 5.32 Å². The molecule has 0 aromatic heterocycles. The molecular formula is C14H16F3N3O3. The Morgan fingerprint density at radius 1 is 1.48 bits per heavy atom. The number of hydrogen-bond acceptors (Lipinski definition) is 4. The van der Waals surface area contributed by atoms with Gasteiger partial charge >= 0.3 is 6.18 Å². The predicted molar refractivity (Wildman–Crippen MR) is 76.8 cm³/mol. The maximum absolute atomic E-state index is 12.4. The molecule has 3 N–H and O–H groups in total. The summed E-state index contributed by atoms with van der Waals surface area (Å²) < 4.78 is 42.1. The number of nitrogens with two attached hydrogens (primary N) is 1. The summed E-state index contributed by atoms with van der Waals surface area (Å²) in [6.45, 7) is -1.62. The molecule has 0 radical (unpaired) electrons. The molecule has 23 heavy (non-hydrogen) atoms. The van der Waals surface area contributed by atoms with Gasteiger partial charge in [-0.3, -0.25) is 9.59 Å². The molecule has 0 bridgehead atoms. The second-order valence-corrected chi connectivity index (χ2v) is 5.23. The maximum atomic E-state index is 12.4. The number of alkyl halides is 3. The normalized spacial score (nSPS) is 18.2. The van der Waals surface area contributed by atoms with E-state index in [1.807, 2.05) is 0 Å². The summed E-state index contributed by atoms with van der Waals surface area (Å²) in [6, 6.07) is 4.64. The van der Waals surface area contributed by atoms with Crippen LogP contribution in [0.1, 0.15) is 6.42 Å². The molecule has 1 heterocycles. The Morgan fingerprint density at radius 3 is 2.78 bits per heavy atom. The number of amides is 2. The zero-order chi connectivity index (χ0) is 17.2. The van der Waals surface area contributed by atoms with E-state index in [-0.39, 0.29) is 24.3 Å². The second kappa shape index (κ2) is 6.35. The van der Waals surface area contributed by atoms with Crippen LogP contribution in [0, 0.1) is 5.92 Å². The highest BCUT2D eigenvalue weighted by Crippen LogP contribution is 2.28. The number of carbonyl (C=O) groups is 2. The summed E-state index contributed by atoms with van der Waals surface area (Å²) in [4.78, 5) is 24.4. The molecule has 0 saturated carbocycles. The topological polar surface area (TPSA) is 84.7 Å². The van der Waals surface area contributed by atoms with Crippen LogP contribution in [-0.2, 0) is 9.59 Å². The summed E-state index contributed by atoms with van der Waals surface area (Å²) in [5.41, 5.74) is 6.31. The standard InChI is InChI=1S/C14H16F3N3O3/c1-23-9-2-3-10(18)11(5-9)19-13(22)8-4-12(21)20(6-8)7-14(15,16)17/h2-3,5,8H,4,6-7,18H2,1H3,(H,19,22). The Labute approximate surface area is 130 Å². The first-order valence-corrected chi connectivity index (χ1v) is 6.78. The van der Waals surface area contributed by atoms with Crippen molar-refractivity contribution in [3.05, 3.63) is 18.2 Å². The molecule has 0 aliphatic carbocycles. The molecule has 1 atom stereocenters. The SMILES string of the molecule is COc1ccc(N)c(NC(=O)C2CC(=O)N(CC(F)(F)F)C2)c1. The number of rotatable bonds is 4. The first-order valence-electron chi connectivity index (χ1n) is 6.78. The van der Waals surface area contributed by atoms with E-state index < -0.39 is 30.5 Å². The molecule has 1 aliphatic rings. The lowest BCUT2D eigenvalue weighted by atomic mass is 10.1. The number of nitrogens with one attached hydrogen (secondary N) is 1. The number of ether oxygens (including phenoxy) is 1. The van der Waals surface area contributed by atoms with Crippen molar-refractivity contribution in [1.82, 2.24) is 4.90 Å². The minimum atomic E-state index is -4.49. The molecule has 9 heteroatoms. The molecular weight excluding hydrogens is 315 g/mol. The van der Waals surface area contributed by atoms with Gasteiger partial charge < -0.3 is 20.7 Å². The largest absolute Gasteiger partial charge is 0.497 e. The Balaban J connectivity index is 2.03. The fourth-order valence-corrected chi connectivity index (χ4v) is 2.32. The van der Waals surface area contributed by atoms with Crippen LogP contribution in [0.3, 0.4) is 0 Å². The minimum Gasteiger partial charge on any atom is -0.497 e. The highest BCUT2D eigenvalue weighted by atomic mass is 19.4. The van der Waals surface area contributed by atoms with Gasteiger partial charge in [-0.1, -0.05) is 0 Å². The zero-order valence-electron chi connectivity index (χ0n) is 12.3. The van der Waals surface area contributed by atoms with Gasteiger partial charge in [0.2, 0.25) is 11.8 Å². The average molecular weight is 331 g/mol. The van der Waals surface area contributed by atoms with Crippen LogP contribution in [0.4, 0.5) is 24.5 Å².